The fraction of sp³-hybridized carbons (Fsp3) is 0.200. The molecular formula is C30H25BrN2O8S. The maximum absolute atomic E-state index is 13.9. The average Bonchev–Trinajstić information content (AvgIpc) is 3.56. The van der Waals surface area contributed by atoms with Crippen molar-refractivity contribution in [3.8, 4) is 22.8 Å². The van der Waals surface area contributed by atoms with Crippen LogP contribution in [0.4, 0.5) is 0 Å². The Kier molecular flexibility index (Phi) is 8.19. The Morgan fingerprint density at radius 2 is 1.88 bits per heavy atom. The summed E-state index contributed by atoms with van der Waals surface area (Å²) in [6, 6.07) is 12.3. The average molecular weight is 654 g/mol. The molecule has 0 fully saturated rings. The van der Waals surface area contributed by atoms with Gasteiger partial charge >= 0.3 is 11.9 Å². The molecule has 3 heterocycles. The molecular weight excluding hydrogens is 628 g/mol. The van der Waals surface area contributed by atoms with Crippen LogP contribution in [0, 0.1) is 0 Å². The first kappa shape index (κ1) is 29.1. The van der Waals surface area contributed by atoms with Gasteiger partial charge in [0.05, 0.1) is 48.2 Å². The standard InChI is InChI=1S/C30H25BrN2O8S/c1-5-40-29(37)25-15(2)32-30-33(26(25)19-13-22(38-3)23(39-4)14-20(19)31)27(34)24(42-30)12-18-9-10-21(41-18)16-7-6-8-17(11-16)28(35)36/h6-14,26H,5H2,1-4H3,(H,35,36)/t26-/m1/s1. The Hall–Kier alpha value is -4.42. The summed E-state index contributed by atoms with van der Waals surface area (Å²) in [5, 5.41) is 9.31. The number of carboxylic acid groups (broad SMARTS) is 1. The van der Waals surface area contributed by atoms with Crippen LogP contribution in [0.2, 0.25) is 0 Å². The molecule has 10 nitrogen and oxygen atoms in total. The van der Waals surface area contributed by atoms with Crippen molar-refractivity contribution < 1.29 is 33.3 Å². The van der Waals surface area contributed by atoms with Crippen LogP contribution in [0.1, 0.15) is 41.6 Å². The van der Waals surface area contributed by atoms with Gasteiger partial charge in [0.15, 0.2) is 16.3 Å². The molecule has 0 saturated heterocycles. The molecule has 0 spiro atoms. The highest BCUT2D eigenvalue weighted by Gasteiger charge is 2.35. The number of thiazole rings is 1. The van der Waals surface area contributed by atoms with E-state index in [9.17, 15) is 19.5 Å². The maximum atomic E-state index is 13.9. The van der Waals surface area contributed by atoms with E-state index in [0.717, 1.165) is 11.3 Å². The van der Waals surface area contributed by atoms with Crippen molar-refractivity contribution in [3.63, 3.8) is 0 Å². The van der Waals surface area contributed by atoms with Gasteiger partial charge in [-0.3, -0.25) is 9.36 Å². The highest BCUT2D eigenvalue weighted by atomic mass is 79.9. The molecule has 12 heteroatoms. The molecule has 42 heavy (non-hydrogen) atoms. The first-order chi connectivity index (χ1) is 20.2. The topological polar surface area (TPSA) is 130 Å². The number of halogens is 1. The van der Waals surface area contributed by atoms with Crippen LogP contribution in [-0.4, -0.2) is 42.4 Å². The van der Waals surface area contributed by atoms with Gasteiger partial charge < -0.3 is 23.7 Å². The monoisotopic (exact) mass is 652 g/mol. The summed E-state index contributed by atoms with van der Waals surface area (Å²) in [4.78, 5) is 43.5. The molecule has 2 aromatic heterocycles. The van der Waals surface area contributed by atoms with Crippen LogP contribution in [-0.2, 0) is 9.53 Å². The number of nitrogens with zero attached hydrogens (tertiary/aromatic N) is 2. The van der Waals surface area contributed by atoms with Gasteiger partial charge in [0, 0.05) is 16.1 Å². The fourth-order valence-electron chi connectivity index (χ4n) is 4.69. The smallest absolute Gasteiger partial charge is 0.338 e. The molecule has 1 atom stereocenters. The molecule has 1 N–H and O–H groups in total. The number of hydrogen-bond acceptors (Lipinski definition) is 9. The minimum atomic E-state index is -1.04. The van der Waals surface area contributed by atoms with Gasteiger partial charge in [0.1, 0.15) is 11.5 Å². The zero-order valence-corrected chi connectivity index (χ0v) is 25.4. The summed E-state index contributed by atoms with van der Waals surface area (Å²) in [5.41, 5.74) is 1.56. The highest BCUT2D eigenvalue weighted by Crippen LogP contribution is 2.40. The lowest BCUT2D eigenvalue weighted by Gasteiger charge is -2.26. The second-order valence-corrected chi connectivity index (χ2v) is 11.0. The number of carbonyl (C=O) groups excluding carboxylic acids is 1. The summed E-state index contributed by atoms with van der Waals surface area (Å²) in [7, 11) is 3.02. The van der Waals surface area contributed by atoms with Gasteiger partial charge in [-0.1, -0.05) is 39.4 Å². The summed E-state index contributed by atoms with van der Waals surface area (Å²) < 4.78 is 24.6. The minimum Gasteiger partial charge on any atom is -0.493 e. The maximum Gasteiger partial charge on any atom is 0.338 e. The third-order valence-electron chi connectivity index (χ3n) is 6.61. The van der Waals surface area contributed by atoms with Crippen LogP contribution in [0.5, 0.6) is 11.5 Å². The van der Waals surface area contributed by atoms with E-state index < -0.39 is 18.0 Å². The molecule has 216 valence electrons. The minimum absolute atomic E-state index is 0.132. The molecule has 0 saturated carbocycles. The number of furan rings is 1. The number of ether oxygens (including phenoxy) is 3. The molecule has 0 amide bonds. The Morgan fingerprint density at radius 1 is 1.14 bits per heavy atom. The predicted molar refractivity (Wildman–Crippen MR) is 159 cm³/mol. The van der Waals surface area contributed by atoms with Gasteiger partial charge in [-0.2, -0.15) is 0 Å². The first-order valence-electron chi connectivity index (χ1n) is 12.7. The van der Waals surface area contributed by atoms with Crippen LogP contribution in [0.3, 0.4) is 0 Å². The molecule has 0 aliphatic carbocycles. The van der Waals surface area contributed by atoms with E-state index in [0.29, 0.717) is 53.6 Å². The number of hydrogen-bond donors (Lipinski definition) is 1. The van der Waals surface area contributed by atoms with Crippen molar-refractivity contribution in [3.05, 3.63) is 101 Å². The van der Waals surface area contributed by atoms with E-state index in [4.69, 9.17) is 18.6 Å². The van der Waals surface area contributed by atoms with Crippen LogP contribution >= 0.6 is 27.3 Å². The number of rotatable bonds is 8. The van der Waals surface area contributed by atoms with E-state index >= 15 is 0 Å². The Bertz CT molecular complexity index is 1930. The first-order valence-corrected chi connectivity index (χ1v) is 14.3. The Balaban J connectivity index is 1.67. The number of aromatic carboxylic acids is 1. The SMILES string of the molecule is CCOC(=O)C1=C(C)N=c2sc(=Cc3ccc(-c4cccc(C(=O)O)c4)o3)c(=O)n2[C@@H]1c1cc(OC)c(OC)cc1Br. The van der Waals surface area contributed by atoms with Crippen molar-refractivity contribution in [2.45, 2.75) is 19.9 Å². The van der Waals surface area contributed by atoms with Crippen molar-refractivity contribution in [2.24, 2.45) is 4.99 Å². The summed E-state index contributed by atoms with van der Waals surface area (Å²) in [6.07, 6.45) is 1.60. The van der Waals surface area contributed by atoms with E-state index in [1.54, 1.807) is 56.3 Å². The number of esters is 1. The molecule has 0 radical (unpaired) electrons. The zero-order valence-electron chi connectivity index (χ0n) is 23.0. The largest absolute Gasteiger partial charge is 0.493 e. The number of benzene rings is 2. The third kappa shape index (κ3) is 5.30. The zero-order chi connectivity index (χ0) is 30.1. The van der Waals surface area contributed by atoms with Crippen LogP contribution in [0.15, 0.2) is 78.5 Å². The molecule has 5 rings (SSSR count). The molecule has 0 unspecified atom stereocenters. The van der Waals surface area contributed by atoms with Gasteiger partial charge in [-0.05, 0) is 55.8 Å². The molecule has 0 bridgehead atoms. The molecule has 1 aliphatic rings. The quantitative estimate of drug-likeness (QED) is 0.275. The summed E-state index contributed by atoms with van der Waals surface area (Å²) in [6.45, 7) is 3.56. The lowest BCUT2D eigenvalue weighted by molar-refractivity contribution is -0.139. The van der Waals surface area contributed by atoms with E-state index in [-0.39, 0.29) is 23.3 Å². The molecule has 2 aromatic carbocycles. The number of allylic oxidation sites excluding steroid dienone is 1. The number of methoxy groups -OCH3 is 2. The van der Waals surface area contributed by atoms with Gasteiger partial charge in [0.2, 0.25) is 0 Å². The summed E-state index contributed by atoms with van der Waals surface area (Å²) >= 11 is 4.74. The fourth-order valence-corrected chi connectivity index (χ4v) is 6.25. The molecule has 1 aliphatic heterocycles. The highest BCUT2D eigenvalue weighted by molar-refractivity contribution is 9.10. The second kappa shape index (κ2) is 11.8. The van der Waals surface area contributed by atoms with Crippen molar-refractivity contribution >= 4 is 45.3 Å². The molecule has 4 aromatic rings. The summed E-state index contributed by atoms with van der Waals surface area (Å²) in [5.74, 6) is 0.106. The lowest BCUT2D eigenvalue weighted by atomic mass is 9.95. The van der Waals surface area contributed by atoms with Gasteiger partial charge in [0.25, 0.3) is 5.56 Å². The van der Waals surface area contributed by atoms with Crippen LogP contribution < -0.4 is 24.4 Å². The van der Waals surface area contributed by atoms with E-state index in [1.807, 2.05) is 0 Å². The second-order valence-electron chi connectivity index (χ2n) is 9.12. The lowest BCUT2D eigenvalue weighted by Crippen LogP contribution is -2.40. The van der Waals surface area contributed by atoms with Crippen LogP contribution in [0.25, 0.3) is 17.4 Å². The third-order valence-corrected chi connectivity index (χ3v) is 8.28. The van der Waals surface area contributed by atoms with Crippen molar-refractivity contribution in [1.82, 2.24) is 4.57 Å². The van der Waals surface area contributed by atoms with Gasteiger partial charge in [-0.25, -0.2) is 14.6 Å². The normalized spacial score (nSPS) is 14.8. The van der Waals surface area contributed by atoms with Crippen molar-refractivity contribution in [1.29, 1.82) is 0 Å². The number of aromatic nitrogens is 1. The van der Waals surface area contributed by atoms with Crippen molar-refractivity contribution in [2.75, 3.05) is 20.8 Å². The van der Waals surface area contributed by atoms with E-state index in [1.165, 1.54) is 30.9 Å². The number of carbonyl (C=O) groups is 2. The predicted octanol–water partition coefficient (Wildman–Crippen LogP) is 4.54. The Morgan fingerprint density at radius 3 is 2.57 bits per heavy atom. The Labute approximate surface area is 251 Å². The number of fused-ring (bicyclic) bond motifs is 1. The van der Waals surface area contributed by atoms with E-state index in [2.05, 4.69) is 20.9 Å². The number of carboxylic acids is 1. The van der Waals surface area contributed by atoms with Gasteiger partial charge in [-0.15, -0.1) is 0 Å².